The normalized spacial score (nSPS) is 17.1. The number of sulfonamides is 2. The number of hydrogen-bond acceptors (Lipinski definition) is 4. The van der Waals surface area contributed by atoms with Crippen LogP contribution in [0.15, 0.2) is 0 Å². The van der Waals surface area contributed by atoms with E-state index in [0.717, 1.165) is 0 Å². The Morgan fingerprint density at radius 1 is 0.304 bits per heavy atom. The molecule has 2 radical (unpaired) electrons. The van der Waals surface area contributed by atoms with E-state index in [2.05, 4.69) is 7.98 Å². The Balaban J connectivity index is 7.47. The number of hydrogen-bond donors (Lipinski definition) is 0. The molecule has 0 bridgehead atoms. The number of alkyl halides is 26. The Labute approximate surface area is 234 Å². The molecule has 0 heterocycles. The lowest BCUT2D eigenvalue weighted by Crippen LogP contribution is -2.73. The molecule has 274 valence electrons. The first-order valence-electron chi connectivity index (χ1n) is 9.11. The van der Waals surface area contributed by atoms with Crippen LogP contribution < -0.4 is 0 Å². The third-order valence-corrected chi connectivity index (χ3v) is 8.86. The molecule has 0 rings (SSSR count). The molecule has 0 aromatic rings. The molecule has 0 aromatic heterocycles. The molecule has 0 fully saturated rings. The van der Waals surface area contributed by atoms with Crippen LogP contribution in [0.25, 0.3) is 0 Å². The lowest BCUT2D eigenvalue weighted by Gasteiger charge is -2.41. The molecule has 0 aliphatic heterocycles. The molecule has 5 nitrogen and oxygen atoms in total. The molecular formula is C12BF26NO4S2. The summed E-state index contributed by atoms with van der Waals surface area (Å²) in [4.78, 5) is 0. The van der Waals surface area contributed by atoms with Gasteiger partial charge in [0.2, 0.25) is 7.98 Å². The summed E-state index contributed by atoms with van der Waals surface area (Å²) in [7, 11) is -15.9. The van der Waals surface area contributed by atoms with Crippen LogP contribution in [0.2, 0.25) is 0 Å². The van der Waals surface area contributed by atoms with E-state index in [4.69, 9.17) is 0 Å². The van der Waals surface area contributed by atoms with Crippen molar-refractivity contribution in [2.24, 2.45) is 0 Å². The van der Waals surface area contributed by atoms with Crippen LogP contribution in [0.3, 0.4) is 0 Å². The van der Waals surface area contributed by atoms with Gasteiger partial charge < -0.3 is 0 Å². The molecule has 0 amide bonds. The zero-order valence-corrected chi connectivity index (χ0v) is 20.9. The summed E-state index contributed by atoms with van der Waals surface area (Å²) in [5.41, 5.74) is 0. The van der Waals surface area contributed by atoms with Crippen LogP contribution in [0, 0.1) is 0 Å². The molecule has 0 saturated carbocycles. The average molecular weight is 791 g/mol. The summed E-state index contributed by atoms with van der Waals surface area (Å²) in [6, 6.07) is 0. The first kappa shape index (κ1) is 44.1. The van der Waals surface area contributed by atoms with Gasteiger partial charge in [-0.2, -0.15) is 114 Å². The monoisotopic (exact) mass is 791 g/mol. The van der Waals surface area contributed by atoms with Crippen molar-refractivity contribution in [2.45, 2.75) is 70.2 Å². The highest BCUT2D eigenvalue weighted by molar-refractivity contribution is 8.06. The average Bonchev–Trinajstić information content (AvgIpc) is 2.80. The quantitative estimate of drug-likeness (QED) is 0.169. The predicted molar refractivity (Wildman–Crippen MR) is 87.0 cm³/mol. The van der Waals surface area contributed by atoms with Gasteiger partial charge in [-0.1, -0.05) is 0 Å². The Hall–Kier alpha value is -1.90. The van der Waals surface area contributed by atoms with E-state index < -0.39 is 93.9 Å². The Morgan fingerprint density at radius 2 is 0.457 bits per heavy atom. The fraction of sp³-hybridized carbons (Fsp3) is 1.00. The first-order valence-corrected chi connectivity index (χ1v) is 12.0. The van der Waals surface area contributed by atoms with Gasteiger partial charge in [-0.05, 0) is 0 Å². The van der Waals surface area contributed by atoms with Crippen molar-refractivity contribution < 1.29 is 131 Å². The van der Waals surface area contributed by atoms with Crippen LogP contribution in [0.1, 0.15) is 0 Å². The molecule has 0 saturated heterocycles. The summed E-state index contributed by atoms with van der Waals surface area (Å²) in [5.74, 6) is -72.3. The summed E-state index contributed by atoms with van der Waals surface area (Å²) < 4.78 is 381. The first-order chi connectivity index (χ1) is 19.2. The second-order valence-corrected chi connectivity index (χ2v) is 11.8. The summed E-state index contributed by atoms with van der Waals surface area (Å²) in [6.45, 7) is 0. The number of rotatable bonds is 12. The van der Waals surface area contributed by atoms with E-state index in [1.54, 1.807) is 0 Å². The van der Waals surface area contributed by atoms with Gasteiger partial charge in [0.1, 0.15) is 0 Å². The largest absolute Gasteiger partial charge is 0.460 e. The molecule has 0 atom stereocenters. The highest BCUT2D eigenvalue weighted by atomic mass is 32.3. The second kappa shape index (κ2) is 10.6. The van der Waals surface area contributed by atoms with Crippen molar-refractivity contribution in [3.8, 4) is 0 Å². The van der Waals surface area contributed by atoms with E-state index in [1.165, 1.54) is 0 Å². The molecule has 0 aliphatic rings. The van der Waals surface area contributed by atoms with Crippen LogP contribution in [-0.4, -0.2) is 98.7 Å². The Bertz CT molecular complexity index is 1270. The van der Waals surface area contributed by atoms with Crippen LogP contribution in [-0.2, 0) is 20.0 Å². The van der Waals surface area contributed by atoms with Gasteiger partial charge in [-0.25, -0.2) is 16.8 Å². The Kier molecular flexibility index (Phi) is 10.1. The van der Waals surface area contributed by atoms with Gasteiger partial charge in [0, 0.05) is 0 Å². The molecule has 46 heavy (non-hydrogen) atoms. The maximum Gasteiger partial charge on any atom is 0.460 e. The van der Waals surface area contributed by atoms with Crippen molar-refractivity contribution >= 4 is 28.0 Å². The molecule has 0 unspecified atom stereocenters. The molecule has 34 heteroatoms. The van der Waals surface area contributed by atoms with Gasteiger partial charge in [-0.15, -0.1) is 3.62 Å². The van der Waals surface area contributed by atoms with E-state index in [0.29, 0.717) is 0 Å². The maximum absolute atomic E-state index is 13.9. The van der Waals surface area contributed by atoms with Crippen LogP contribution in [0.5, 0.6) is 0 Å². The standard InChI is InChI=1S/C12BF26NO4S2/c13-40(45(41,42)11(36,37)7(26,27)3(18,19)1(14,15)5(22,23)9(30,31)32)46(43,44)12(38,39)8(28,29)4(20,21)2(16,17)6(24,25)10(33,34)35. The van der Waals surface area contributed by atoms with Crippen LogP contribution >= 0.6 is 0 Å². The molecule has 0 aromatic carbocycles. The van der Waals surface area contributed by atoms with E-state index in [1.807, 2.05) is 0 Å². The SMILES string of the molecule is [B]N(S(=O)(=O)C(F)(F)C(F)(F)C(F)(F)C(F)(F)C(F)(F)C(F)(F)F)S(=O)(=O)C(F)(F)C(F)(F)C(F)(F)C(F)(F)C(F)(F)C(F)(F)F. The second-order valence-electron chi connectivity index (χ2n) is 7.86. The van der Waals surface area contributed by atoms with Crippen molar-refractivity contribution in [2.75, 3.05) is 0 Å². The predicted octanol–water partition coefficient (Wildman–Crippen LogP) is 6.42. The highest BCUT2D eigenvalue weighted by Gasteiger charge is 2.95. The zero-order valence-electron chi connectivity index (χ0n) is 19.3. The minimum atomic E-state index is -9.63. The Morgan fingerprint density at radius 3 is 0.609 bits per heavy atom. The van der Waals surface area contributed by atoms with Gasteiger partial charge in [-0.3, -0.25) is 0 Å². The lowest BCUT2D eigenvalue weighted by molar-refractivity contribution is -0.433. The molecule has 0 aliphatic carbocycles. The highest BCUT2D eigenvalue weighted by Crippen LogP contribution is 2.63. The fourth-order valence-electron chi connectivity index (χ4n) is 2.19. The van der Waals surface area contributed by atoms with Crippen molar-refractivity contribution in [1.29, 1.82) is 0 Å². The number of halogens is 26. The molecule has 0 N–H and O–H groups in total. The topological polar surface area (TPSA) is 71.5 Å². The molecule has 0 spiro atoms. The van der Waals surface area contributed by atoms with Gasteiger partial charge >= 0.3 is 70.2 Å². The summed E-state index contributed by atoms with van der Waals surface area (Å²) in [5, 5.41) is -18.0. The minimum Gasteiger partial charge on any atom is -0.206 e. The van der Waals surface area contributed by atoms with Crippen molar-refractivity contribution in [1.82, 2.24) is 3.62 Å². The lowest BCUT2D eigenvalue weighted by atomic mass is 9.98. The van der Waals surface area contributed by atoms with Crippen molar-refractivity contribution in [3.63, 3.8) is 0 Å². The van der Waals surface area contributed by atoms with Crippen molar-refractivity contribution in [3.05, 3.63) is 0 Å². The van der Waals surface area contributed by atoms with E-state index >= 15 is 0 Å². The summed E-state index contributed by atoms with van der Waals surface area (Å²) in [6.07, 6.45) is -16.3. The van der Waals surface area contributed by atoms with Gasteiger partial charge in [0.25, 0.3) is 20.0 Å². The zero-order chi connectivity index (χ0) is 38.6. The van der Waals surface area contributed by atoms with E-state index in [9.17, 15) is 131 Å². The molecular weight excluding hydrogens is 791 g/mol. The van der Waals surface area contributed by atoms with Gasteiger partial charge in [0.15, 0.2) is 0 Å². The summed E-state index contributed by atoms with van der Waals surface area (Å²) >= 11 is 0. The third-order valence-electron chi connectivity index (χ3n) is 4.93. The number of nitrogens with zero attached hydrogens (tertiary/aromatic N) is 1. The third kappa shape index (κ3) is 5.10. The fourth-order valence-corrected chi connectivity index (χ4v) is 5.14. The smallest absolute Gasteiger partial charge is 0.206 e. The van der Waals surface area contributed by atoms with E-state index in [-0.39, 0.29) is 0 Å². The van der Waals surface area contributed by atoms with Gasteiger partial charge in [0.05, 0.1) is 0 Å². The minimum absolute atomic E-state index is 3.32. The maximum atomic E-state index is 13.9. The van der Waals surface area contributed by atoms with Crippen LogP contribution in [0.4, 0.5) is 114 Å².